The van der Waals surface area contributed by atoms with Crippen LogP contribution in [0.15, 0.2) is 36.5 Å². The predicted octanol–water partition coefficient (Wildman–Crippen LogP) is 2.78. The van der Waals surface area contributed by atoms with E-state index in [1.165, 1.54) is 0 Å². The van der Waals surface area contributed by atoms with Crippen LogP contribution in [0.4, 0.5) is 5.69 Å². The van der Waals surface area contributed by atoms with Crippen LogP contribution in [0.2, 0.25) is 0 Å². The van der Waals surface area contributed by atoms with Gasteiger partial charge >= 0.3 is 0 Å². The van der Waals surface area contributed by atoms with E-state index in [0.29, 0.717) is 27.4 Å². The number of hydrogen-bond donors (Lipinski definition) is 2. The number of thiophene rings is 1. The van der Waals surface area contributed by atoms with Crippen LogP contribution in [-0.2, 0) is 0 Å². The minimum absolute atomic E-state index is 0.285. The summed E-state index contributed by atoms with van der Waals surface area (Å²) >= 11 is 1.15. The number of methoxy groups -OCH3 is 1. The van der Waals surface area contributed by atoms with Crippen LogP contribution in [0.5, 0.6) is 17.2 Å². The first-order chi connectivity index (χ1) is 10.6. The first kappa shape index (κ1) is 14.2. The lowest BCUT2D eigenvalue weighted by Crippen LogP contribution is -2.10. The Balaban J connectivity index is 2.04. The van der Waals surface area contributed by atoms with Gasteiger partial charge in [0.25, 0.3) is 5.91 Å². The highest BCUT2D eigenvalue weighted by Gasteiger charge is 2.18. The molecule has 3 aromatic rings. The molecule has 0 fully saturated rings. The van der Waals surface area contributed by atoms with Gasteiger partial charge in [-0.15, -0.1) is 11.3 Å². The van der Waals surface area contributed by atoms with Crippen LogP contribution < -0.4 is 20.9 Å². The van der Waals surface area contributed by atoms with E-state index in [0.717, 1.165) is 17.1 Å². The number of nitrogens with zero attached hydrogens (tertiary/aromatic N) is 1. The summed E-state index contributed by atoms with van der Waals surface area (Å²) in [5.74, 6) is 1.31. The third kappa shape index (κ3) is 2.42. The highest BCUT2D eigenvalue weighted by molar-refractivity contribution is 7.21. The van der Waals surface area contributed by atoms with Gasteiger partial charge in [0.05, 0.1) is 18.2 Å². The molecular weight excluding hydrogens is 302 g/mol. The number of pyridine rings is 1. The summed E-state index contributed by atoms with van der Waals surface area (Å²) in [6, 6.07) is 8.84. The van der Waals surface area contributed by atoms with Crippen LogP contribution in [0.1, 0.15) is 9.67 Å². The summed E-state index contributed by atoms with van der Waals surface area (Å²) in [6.45, 7) is 0. The standard InChI is InChI=1S/C15H13N3O3S/c1-20-8-2-4-9(5-3-8)21-10-6-7-18-15-11(10)12(16)13(22-15)14(17)19/h2-7H,16H2,1H3,(H2,17,19). The third-order valence-corrected chi connectivity index (χ3v) is 4.23. The molecule has 0 aliphatic rings. The molecule has 0 saturated carbocycles. The number of amides is 1. The topological polar surface area (TPSA) is 100 Å². The number of nitrogens with two attached hydrogens (primary N) is 2. The minimum atomic E-state index is -0.573. The summed E-state index contributed by atoms with van der Waals surface area (Å²) in [5, 5.41) is 0.595. The molecule has 3 rings (SSSR count). The summed E-state index contributed by atoms with van der Waals surface area (Å²) in [5.41, 5.74) is 11.6. The van der Waals surface area contributed by atoms with Gasteiger partial charge in [0.15, 0.2) is 0 Å². The molecule has 112 valence electrons. The molecule has 0 aliphatic carbocycles. The maximum absolute atomic E-state index is 11.4. The van der Waals surface area contributed by atoms with Crippen LogP contribution in [-0.4, -0.2) is 18.0 Å². The summed E-state index contributed by atoms with van der Waals surface area (Å²) < 4.78 is 10.9. The number of carbonyl (C=O) groups excluding carboxylic acids is 1. The number of hydrogen-bond acceptors (Lipinski definition) is 6. The van der Waals surface area contributed by atoms with Gasteiger partial charge in [-0.2, -0.15) is 0 Å². The lowest BCUT2D eigenvalue weighted by Gasteiger charge is -2.08. The second-order valence-corrected chi connectivity index (χ2v) is 5.48. The molecule has 0 bridgehead atoms. The Labute approximate surface area is 130 Å². The van der Waals surface area contributed by atoms with Gasteiger partial charge < -0.3 is 20.9 Å². The van der Waals surface area contributed by atoms with Gasteiger partial charge in [0.1, 0.15) is 27.0 Å². The van der Waals surface area contributed by atoms with Crippen molar-refractivity contribution in [1.82, 2.24) is 4.98 Å². The van der Waals surface area contributed by atoms with Crippen molar-refractivity contribution >= 4 is 33.1 Å². The van der Waals surface area contributed by atoms with E-state index in [4.69, 9.17) is 20.9 Å². The molecule has 2 heterocycles. The highest BCUT2D eigenvalue weighted by atomic mass is 32.1. The van der Waals surface area contributed by atoms with Crippen molar-refractivity contribution in [3.8, 4) is 17.2 Å². The third-order valence-electron chi connectivity index (χ3n) is 3.10. The first-order valence-corrected chi connectivity index (χ1v) is 7.20. The Bertz CT molecular complexity index is 843. The van der Waals surface area contributed by atoms with Crippen LogP contribution in [0.3, 0.4) is 0 Å². The van der Waals surface area contributed by atoms with E-state index >= 15 is 0 Å². The van der Waals surface area contributed by atoms with Crippen molar-refractivity contribution in [3.05, 3.63) is 41.4 Å². The summed E-state index contributed by atoms with van der Waals surface area (Å²) in [7, 11) is 1.60. The number of anilines is 1. The van der Waals surface area contributed by atoms with Crippen LogP contribution in [0.25, 0.3) is 10.2 Å². The Morgan fingerprint density at radius 1 is 1.18 bits per heavy atom. The van der Waals surface area contributed by atoms with E-state index in [2.05, 4.69) is 4.98 Å². The second kappa shape index (κ2) is 5.53. The van der Waals surface area contributed by atoms with E-state index in [9.17, 15) is 4.79 Å². The maximum atomic E-state index is 11.4. The number of fused-ring (bicyclic) bond motifs is 1. The molecule has 6 nitrogen and oxygen atoms in total. The van der Waals surface area contributed by atoms with Crippen molar-refractivity contribution < 1.29 is 14.3 Å². The van der Waals surface area contributed by atoms with Gasteiger partial charge in [0.2, 0.25) is 0 Å². The zero-order chi connectivity index (χ0) is 15.7. The zero-order valence-corrected chi connectivity index (χ0v) is 12.5. The Morgan fingerprint density at radius 2 is 1.86 bits per heavy atom. The van der Waals surface area contributed by atoms with Gasteiger partial charge in [-0.05, 0) is 30.3 Å². The van der Waals surface area contributed by atoms with Gasteiger partial charge in [-0.25, -0.2) is 4.98 Å². The monoisotopic (exact) mass is 315 g/mol. The molecule has 2 aromatic heterocycles. The SMILES string of the molecule is COc1ccc(Oc2ccnc3sc(C(N)=O)c(N)c23)cc1. The predicted molar refractivity (Wildman–Crippen MR) is 85.6 cm³/mol. The quantitative estimate of drug-likeness (QED) is 0.771. The fourth-order valence-corrected chi connectivity index (χ4v) is 2.99. The zero-order valence-electron chi connectivity index (χ0n) is 11.7. The van der Waals surface area contributed by atoms with E-state index in [1.807, 2.05) is 0 Å². The smallest absolute Gasteiger partial charge is 0.260 e. The molecule has 7 heteroatoms. The molecular formula is C15H13N3O3S. The van der Waals surface area contributed by atoms with Gasteiger partial charge in [-0.3, -0.25) is 4.79 Å². The van der Waals surface area contributed by atoms with E-state index in [-0.39, 0.29) is 4.88 Å². The normalized spacial score (nSPS) is 10.6. The molecule has 0 saturated heterocycles. The Morgan fingerprint density at radius 3 is 2.50 bits per heavy atom. The highest BCUT2D eigenvalue weighted by Crippen LogP contribution is 2.39. The molecule has 0 radical (unpaired) electrons. The Hall–Kier alpha value is -2.80. The summed E-state index contributed by atoms with van der Waals surface area (Å²) in [4.78, 5) is 16.5. The van der Waals surface area contributed by atoms with Crippen molar-refractivity contribution in [1.29, 1.82) is 0 Å². The molecule has 1 amide bonds. The van der Waals surface area contributed by atoms with Crippen molar-refractivity contribution in [2.75, 3.05) is 12.8 Å². The number of primary amides is 1. The molecule has 0 spiro atoms. The minimum Gasteiger partial charge on any atom is -0.497 e. The van der Waals surface area contributed by atoms with Gasteiger partial charge in [-0.1, -0.05) is 0 Å². The molecule has 0 atom stereocenters. The number of aromatic nitrogens is 1. The average molecular weight is 315 g/mol. The average Bonchev–Trinajstić information content (AvgIpc) is 2.86. The summed E-state index contributed by atoms with van der Waals surface area (Å²) in [6.07, 6.45) is 1.60. The van der Waals surface area contributed by atoms with E-state index in [1.54, 1.807) is 43.6 Å². The Kier molecular flexibility index (Phi) is 3.56. The molecule has 0 aliphatic heterocycles. The number of benzene rings is 1. The number of ether oxygens (including phenoxy) is 2. The van der Waals surface area contributed by atoms with Crippen molar-refractivity contribution in [2.45, 2.75) is 0 Å². The van der Waals surface area contributed by atoms with E-state index < -0.39 is 5.91 Å². The molecule has 1 aromatic carbocycles. The lowest BCUT2D eigenvalue weighted by molar-refractivity contribution is 0.100. The molecule has 0 unspecified atom stereocenters. The lowest BCUT2D eigenvalue weighted by atomic mass is 10.2. The first-order valence-electron chi connectivity index (χ1n) is 6.39. The largest absolute Gasteiger partial charge is 0.497 e. The second-order valence-electron chi connectivity index (χ2n) is 4.48. The van der Waals surface area contributed by atoms with Gasteiger partial charge in [0, 0.05) is 6.20 Å². The molecule has 22 heavy (non-hydrogen) atoms. The van der Waals surface area contributed by atoms with Crippen molar-refractivity contribution in [2.24, 2.45) is 5.73 Å². The maximum Gasteiger partial charge on any atom is 0.260 e. The fourth-order valence-electron chi connectivity index (χ4n) is 2.06. The number of carbonyl (C=O) groups is 1. The number of nitrogen functional groups attached to an aromatic ring is 1. The van der Waals surface area contributed by atoms with Crippen molar-refractivity contribution in [3.63, 3.8) is 0 Å². The number of rotatable bonds is 4. The fraction of sp³-hybridized carbons (Fsp3) is 0.0667. The van der Waals surface area contributed by atoms with Crippen LogP contribution >= 0.6 is 11.3 Å². The van der Waals surface area contributed by atoms with Crippen LogP contribution in [0, 0.1) is 0 Å². The molecule has 4 N–H and O–H groups in total.